The number of nitrogens with zero attached hydrogens (tertiary/aromatic N) is 3. The largest absolute Gasteiger partial charge is 0.497 e. The van der Waals surface area contributed by atoms with Gasteiger partial charge < -0.3 is 15.0 Å². The van der Waals surface area contributed by atoms with Crippen molar-refractivity contribution in [1.29, 1.82) is 0 Å². The topological polar surface area (TPSA) is 92.8 Å². The van der Waals surface area contributed by atoms with E-state index in [1.54, 1.807) is 31.4 Å². The van der Waals surface area contributed by atoms with Crippen molar-refractivity contribution in [3.8, 4) is 5.75 Å². The van der Waals surface area contributed by atoms with E-state index in [9.17, 15) is 4.79 Å². The van der Waals surface area contributed by atoms with Crippen molar-refractivity contribution in [2.24, 2.45) is 0 Å². The summed E-state index contributed by atoms with van der Waals surface area (Å²) in [7, 11) is 1.57. The summed E-state index contributed by atoms with van der Waals surface area (Å²) in [6, 6.07) is 6.76. The van der Waals surface area contributed by atoms with Gasteiger partial charge in [-0.25, -0.2) is 15.0 Å². The fraction of sp³-hybridized carbons (Fsp3) is 0.0769. The monoisotopic (exact) mass is 268 g/mol. The predicted molar refractivity (Wildman–Crippen MR) is 71.5 cm³/mol. The number of aromatic nitrogens is 4. The van der Waals surface area contributed by atoms with Gasteiger partial charge >= 0.3 is 0 Å². The standard InChI is InChI=1S/C13H10N5O2/c1-20-9-4-2-8(3-5-9)13(19)18-12-10-11(15-6-14-10)16-7-17-12/h2-6H,1H3,(H2,14,15,16,17,18,19). The maximum Gasteiger partial charge on any atom is 0.256 e. The number of fused-ring (bicyclic) bond motifs is 1. The van der Waals surface area contributed by atoms with Gasteiger partial charge in [0, 0.05) is 5.56 Å². The van der Waals surface area contributed by atoms with Gasteiger partial charge in [-0.3, -0.25) is 4.79 Å². The molecule has 1 amide bonds. The third kappa shape index (κ3) is 2.16. The molecule has 3 aromatic rings. The molecule has 0 spiro atoms. The molecule has 0 saturated carbocycles. The highest BCUT2D eigenvalue weighted by atomic mass is 16.5. The van der Waals surface area contributed by atoms with Gasteiger partial charge in [-0.2, -0.15) is 0 Å². The van der Waals surface area contributed by atoms with E-state index in [0.717, 1.165) is 0 Å². The van der Waals surface area contributed by atoms with E-state index in [0.29, 0.717) is 28.3 Å². The normalized spacial score (nSPS) is 10.4. The van der Waals surface area contributed by atoms with Crippen LogP contribution >= 0.6 is 0 Å². The summed E-state index contributed by atoms with van der Waals surface area (Å²) < 4.78 is 5.04. The molecule has 1 radical (unpaired) electrons. The number of anilines is 1. The molecule has 0 aliphatic carbocycles. The number of H-pyrrole nitrogens is 1. The molecule has 0 unspecified atom stereocenters. The Hall–Kier alpha value is -2.96. The molecule has 0 atom stereocenters. The molecule has 1 aromatic carbocycles. The first kappa shape index (κ1) is 12.1. The SMILES string of the molecule is COc1ccc(C(=O)Nc2n[c]nc3[nH]cnc23)cc1. The maximum absolute atomic E-state index is 12.1. The lowest BCUT2D eigenvalue weighted by Crippen LogP contribution is -2.13. The average Bonchev–Trinajstić information content (AvgIpc) is 2.97. The van der Waals surface area contributed by atoms with Crippen LogP contribution in [0.2, 0.25) is 0 Å². The van der Waals surface area contributed by atoms with Gasteiger partial charge in [0.05, 0.1) is 13.4 Å². The molecule has 3 rings (SSSR count). The number of carbonyl (C=O) groups is 1. The van der Waals surface area contributed by atoms with Gasteiger partial charge in [0.15, 0.2) is 17.0 Å². The van der Waals surface area contributed by atoms with E-state index in [1.165, 1.54) is 6.33 Å². The predicted octanol–water partition coefficient (Wildman–Crippen LogP) is 1.41. The second kappa shape index (κ2) is 4.96. The van der Waals surface area contributed by atoms with Crippen LogP contribution in [-0.4, -0.2) is 33.0 Å². The molecule has 2 N–H and O–H groups in total. The zero-order valence-electron chi connectivity index (χ0n) is 10.5. The number of carbonyl (C=O) groups excluding carboxylic acids is 1. The van der Waals surface area contributed by atoms with E-state index in [2.05, 4.69) is 31.6 Å². The number of nitrogens with one attached hydrogen (secondary N) is 2. The second-order valence-electron chi connectivity index (χ2n) is 3.95. The summed E-state index contributed by atoms with van der Waals surface area (Å²) in [5.74, 6) is 0.715. The minimum absolute atomic E-state index is 0.288. The molecule has 2 heterocycles. The number of hydrogen-bond acceptors (Lipinski definition) is 5. The molecule has 2 aromatic heterocycles. The molecular formula is C13H10N5O2. The van der Waals surface area contributed by atoms with Crippen LogP contribution in [0.15, 0.2) is 30.6 Å². The number of imidazole rings is 1. The van der Waals surface area contributed by atoms with Crippen LogP contribution in [0.25, 0.3) is 11.2 Å². The highest BCUT2D eigenvalue weighted by Gasteiger charge is 2.11. The smallest absolute Gasteiger partial charge is 0.256 e. The first-order valence-electron chi connectivity index (χ1n) is 5.80. The molecule has 7 heteroatoms. The quantitative estimate of drug-likeness (QED) is 0.749. The van der Waals surface area contributed by atoms with E-state index in [1.807, 2.05) is 0 Å². The van der Waals surface area contributed by atoms with Crippen LogP contribution in [0.4, 0.5) is 5.82 Å². The molecule has 0 aliphatic heterocycles. The van der Waals surface area contributed by atoms with Crippen molar-refractivity contribution >= 4 is 22.9 Å². The molecule has 20 heavy (non-hydrogen) atoms. The minimum atomic E-state index is -0.288. The summed E-state index contributed by atoms with van der Waals surface area (Å²) in [6.45, 7) is 0. The zero-order chi connectivity index (χ0) is 13.9. The fourth-order valence-electron chi connectivity index (χ4n) is 1.73. The Kier molecular flexibility index (Phi) is 3.00. The molecule has 99 valence electrons. The van der Waals surface area contributed by atoms with Gasteiger partial charge in [0.1, 0.15) is 5.75 Å². The number of methoxy groups -OCH3 is 1. The fourth-order valence-corrected chi connectivity index (χ4v) is 1.73. The third-order valence-electron chi connectivity index (χ3n) is 2.75. The van der Waals surface area contributed by atoms with Crippen molar-refractivity contribution in [1.82, 2.24) is 19.9 Å². The molecule has 0 saturated heterocycles. The molecule has 0 aliphatic rings. The summed E-state index contributed by atoms with van der Waals surface area (Å²) >= 11 is 0. The first-order valence-corrected chi connectivity index (χ1v) is 5.80. The van der Waals surface area contributed by atoms with Gasteiger partial charge in [0.25, 0.3) is 5.91 Å². The number of ether oxygens (including phenoxy) is 1. The van der Waals surface area contributed by atoms with Crippen molar-refractivity contribution in [3.05, 3.63) is 42.5 Å². The first-order chi connectivity index (χ1) is 9.78. The van der Waals surface area contributed by atoms with Crippen LogP contribution in [0.1, 0.15) is 10.4 Å². The molecule has 0 fully saturated rings. The van der Waals surface area contributed by atoms with Crippen LogP contribution in [0.5, 0.6) is 5.75 Å². The third-order valence-corrected chi connectivity index (χ3v) is 2.75. The number of aromatic amines is 1. The Bertz CT molecular complexity index is 751. The van der Waals surface area contributed by atoms with Gasteiger partial charge in [-0.1, -0.05) is 0 Å². The average molecular weight is 268 g/mol. The summed E-state index contributed by atoms with van der Waals surface area (Å²) in [5.41, 5.74) is 1.50. The lowest BCUT2D eigenvalue weighted by molar-refractivity contribution is 0.102. The van der Waals surface area contributed by atoms with Crippen LogP contribution in [-0.2, 0) is 0 Å². The van der Waals surface area contributed by atoms with Crippen LogP contribution in [0, 0.1) is 6.33 Å². The Morgan fingerprint density at radius 2 is 2.10 bits per heavy atom. The number of amides is 1. The Morgan fingerprint density at radius 1 is 1.30 bits per heavy atom. The number of hydrogen-bond donors (Lipinski definition) is 2. The zero-order valence-corrected chi connectivity index (χ0v) is 10.5. The summed E-state index contributed by atoms with van der Waals surface area (Å²) in [6.07, 6.45) is 3.94. The lowest BCUT2D eigenvalue weighted by Gasteiger charge is -2.05. The number of benzene rings is 1. The van der Waals surface area contributed by atoms with E-state index < -0.39 is 0 Å². The highest BCUT2D eigenvalue weighted by Crippen LogP contribution is 2.16. The Morgan fingerprint density at radius 3 is 2.85 bits per heavy atom. The highest BCUT2D eigenvalue weighted by molar-refractivity contribution is 6.06. The van der Waals surface area contributed by atoms with Crippen molar-refractivity contribution in [2.75, 3.05) is 12.4 Å². The van der Waals surface area contributed by atoms with E-state index in [4.69, 9.17) is 4.74 Å². The van der Waals surface area contributed by atoms with Gasteiger partial charge in [0.2, 0.25) is 6.33 Å². The molecular weight excluding hydrogens is 258 g/mol. The Balaban J connectivity index is 1.86. The second-order valence-corrected chi connectivity index (χ2v) is 3.95. The van der Waals surface area contributed by atoms with Gasteiger partial charge in [-0.05, 0) is 24.3 Å². The van der Waals surface area contributed by atoms with Crippen molar-refractivity contribution in [2.45, 2.75) is 0 Å². The van der Waals surface area contributed by atoms with E-state index in [-0.39, 0.29) is 5.91 Å². The molecule has 7 nitrogen and oxygen atoms in total. The van der Waals surface area contributed by atoms with Crippen LogP contribution < -0.4 is 10.1 Å². The Labute approximate surface area is 114 Å². The minimum Gasteiger partial charge on any atom is -0.497 e. The summed E-state index contributed by atoms with van der Waals surface area (Å²) in [5, 5.41) is 2.68. The van der Waals surface area contributed by atoms with Crippen molar-refractivity contribution in [3.63, 3.8) is 0 Å². The van der Waals surface area contributed by atoms with E-state index >= 15 is 0 Å². The number of rotatable bonds is 3. The van der Waals surface area contributed by atoms with Crippen molar-refractivity contribution < 1.29 is 9.53 Å². The van der Waals surface area contributed by atoms with Crippen LogP contribution in [0.3, 0.4) is 0 Å². The van der Waals surface area contributed by atoms with Gasteiger partial charge in [-0.15, -0.1) is 0 Å². The molecule has 0 bridgehead atoms. The maximum atomic E-state index is 12.1. The summed E-state index contributed by atoms with van der Waals surface area (Å²) in [4.78, 5) is 26.8. The lowest BCUT2D eigenvalue weighted by atomic mass is 10.2.